The molecule has 0 aliphatic carbocycles. The summed E-state index contributed by atoms with van der Waals surface area (Å²) >= 11 is 1.59. The molecule has 4 heteroatoms. The highest BCUT2D eigenvalue weighted by Gasteiger charge is 2.20. The number of anilines is 2. The lowest BCUT2D eigenvalue weighted by Gasteiger charge is -2.29. The van der Waals surface area contributed by atoms with Gasteiger partial charge in [0.15, 0.2) is 0 Å². The highest BCUT2D eigenvalue weighted by Crippen LogP contribution is 2.32. The van der Waals surface area contributed by atoms with Crippen molar-refractivity contribution >= 4 is 29.2 Å². The fourth-order valence-electron chi connectivity index (χ4n) is 2.98. The lowest BCUT2D eigenvalue weighted by atomic mass is 9.96. The number of hydrogen-bond donors (Lipinski definition) is 1. The van der Waals surface area contributed by atoms with Crippen molar-refractivity contribution in [1.29, 1.82) is 0 Å². The van der Waals surface area contributed by atoms with Crippen LogP contribution >= 0.6 is 11.9 Å². The van der Waals surface area contributed by atoms with Crippen LogP contribution in [0.15, 0.2) is 42.5 Å². The molecule has 0 atom stereocenters. The zero-order valence-electron chi connectivity index (χ0n) is 12.9. The summed E-state index contributed by atoms with van der Waals surface area (Å²) in [5.41, 5.74) is 5.84. The molecule has 0 radical (unpaired) electrons. The maximum Gasteiger partial charge on any atom is 0.223 e. The second-order valence-electron chi connectivity index (χ2n) is 5.50. The maximum atomic E-state index is 11.7. The fourth-order valence-corrected chi connectivity index (χ4v) is 3.35. The molecule has 1 aliphatic rings. The number of hydrogen-bond acceptors (Lipinski definition) is 3. The van der Waals surface area contributed by atoms with Gasteiger partial charge in [0.1, 0.15) is 0 Å². The predicted molar refractivity (Wildman–Crippen MR) is 95.4 cm³/mol. The van der Waals surface area contributed by atoms with Crippen LogP contribution in [0.25, 0.3) is 11.1 Å². The fraction of sp³-hybridized carbons (Fsp3) is 0.278. The Morgan fingerprint density at radius 1 is 1.18 bits per heavy atom. The first-order valence-electron chi connectivity index (χ1n) is 7.49. The number of fused-ring (bicyclic) bond motifs is 1. The van der Waals surface area contributed by atoms with Gasteiger partial charge in [-0.1, -0.05) is 30.1 Å². The molecule has 1 heterocycles. The average molecular weight is 312 g/mol. The van der Waals surface area contributed by atoms with Crippen LogP contribution < -0.4 is 9.62 Å². The molecule has 0 unspecified atom stereocenters. The summed E-state index contributed by atoms with van der Waals surface area (Å²) in [5.74, 6) is 0.125. The minimum absolute atomic E-state index is 0.125. The Kier molecular flexibility index (Phi) is 4.39. The Bertz CT molecular complexity index is 699. The zero-order valence-corrected chi connectivity index (χ0v) is 13.7. The second kappa shape index (κ2) is 6.44. The monoisotopic (exact) mass is 312 g/mol. The van der Waals surface area contributed by atoms with Crippen LogP contribution in [0.2, 0.25) is 0 Å². The van der Waals surface area contributed by atoms with Crippen molar-refractivity contribution in [2.45, 2.75) is 19.8 Å². The first-order valence-corrected chi connectivity index (χ1v) is 8.72. The molecule has 3 nitrogen and oxygen atoms in total. The molecule has 0 fully saturated rings. The van der Waals surface area contributed by atoms with E-state index in [0.717, 1.165) is 30.8 Å². The molecule has 0 bridgehead atoms. The average Bonchev–Trinajstić information content (AvgIpc) is 2.54. The zero-order chi connectivity index (χ0) is 15.5. The van der Waals surface area contributed by atoms with Gasteiger partial charge < -0.3 is 9.62 Å². The Balaban J connectivity index is 1.97. The Hall–Kier alpha value is -1.94. The summed E-state index contributed by atoms with van der Waals surface area (Å²) in [6, 6.07) is 14.8. The van der Waals surface area contributed by atoms with Crippen LogP contribution in [0.4, 0.5) is 11.4 Å². The van der Waals surface area contributed by atoms with Crippen LogP contribution in [0, 0.1) is 0 Å². The smallest absolute Gasteiger partial charge is 0.223 e. The third-order valence-electron chi connectivity index (χ3n) is 3.99. The van der Waals surface area contributed by atoms with E-state index in [2.05, 4.69) is 47.2 Å². The normalized spacial score (nSPS) is 13.6. The molecule has 0 saturated heterocycles. The van der Waals surface area contributed by atoms with Gasteiger partial charge in [0.05, 0.1) is 0 Å². The van der Waals surface area contributed by atoms with Crippen molar-refractivity contribution in [3.8, 4) is 11.1 Å². The van der Waals surface area contributed by atoms with Crippen LogP contribution in [0.3, 0.4) is 0 Å². The van der Waals surface area contributed by atoms with Crippen molar-refractivity contribution in [3.63, 3.8) is 0 Å². The molecule has 1 aliphatic heterocycles. The standard InChI is InChI=1S/C18H20N2OS/c1-13(21)20-10-4-6-16-11-15(8-9-18(16)20)14-5-3-7-17(12-14)19-22-2/h3,5,7-9,11-12,19H,4,6,10H2,1-2H3. The number of nitrogens with zero attached hydrogens (tertiary/aromatic N) is 1. The van der Waals surface area contributed by atoms with Crippen LogP contribution in [0.1, 0.15) is 18.9 Å². The van der Waals surface area contributed by atoms with E-state index in [9.17, 15) is 4.79 Å². The number of carbonyl (C=O) groups excluding carboxylic acids is 1. The minimum Gasteiger partial charge on any atom is -0.330 e. The van der Waals surface area contributed by atoms with E-state index in [0.29, 0.717) is 0 Å². The minimum atomic E-state index is 0.125. The van der Waals surface area contributed by atoms with Crippen molar-refractivity contribution in [2.75, 3.05) is 22.4 Å². The number of amides is 1. The number of nitrogens with one attached hydrogen (secondary N) is 1. The summed E-state index contributed by atoms with van der Waals surface area (Å²) in [4.78, 5) is 13.6. The number of carbonyl (C=O) groups is 1. The van der Waals surface area contributed by atoms with E-state index in [1.165, 1.54) is 16.7 Å². The third-order valence-corrected chi connectivity index (χ3v) is 4.43. The van der Waals surface area contributed by atoms with Crippen LogP contribution in [-0.2, 0) is 11.2 Å². The molecule has 22 heavy (non-hydrogen) atoms. The molecule has 1 N–H and O–H groups in total. The van der Waals surface area contributed by atoms with Crippen molar-refractivity contribution in [1.82, 2.24) is 0 Å². The molecule has 1 amide bonds. The largest absolute Gasteiger partial charge is 0.330 e. The van der Waals surface area contributed by atoms with Gasteiger partial charge in [0.2, 0.25) is 5.91 Å². The summed E-state index contributed by atoms with van der Waals surface area (Å²) in [7, 11) is 0. The highest BCUT2D eigenvalue weighted by atomic mass is 32.2. The molecule has 114 valence electrons. The molecule has 0 saturated carbocycles. The van der Waals surface area contributed by atoms with Gasteiger partial charge >= 0.3 is 0 Å². The summed E-state index contributed by atoms with van der Waals surface area (Å²) in [6.45, 7) is 2.47. The molecule has 2 aromatic rings. The van der Waals surface area contributed by atoms with E-state index >= 15 is 0 Å². The molecule has 0 aromatic heterocycles. The van der Waals surface area contributed by atoms with Crippen LogP contribution in [0.5, 0.6) is 0 Å². The van der Waals surface area contributed by atoms with Gasteiger partial charge in [-0.15, -0.1) is 0 Å². The van der Waals surface area contributed by atoms with Crippen molar-refractivity contribution in [3.05, 3.63) is 48.0 Å². The van der Waals surface area contributed by atoms with Gasteiger partial charge in [0.25, 0.3) is 0 Å². The Morgan fingerprint density at radius 2 is 2.00 bits per heavy atom. The first-order chi connectivity index (χ1) is 10.7. The van der Waals surface area contributed by atoms with Gasteiger partial charge in [-0.05, 0) is 53.8 Å². The first kappa shape index (κ1) is 15.0. The SMILES string of the molecule is CSNc1cccc(-c2ccc3c(c2)CCCN3C(C)=O)c1. The topological polar surface area (TPSA) is 32.3 Å². The van der Waals surface area contributed by atoms with Gasteiger partial charge in [-0.3, -0.25) is 4.79 Å². The van der Waals surface area contributed by atoms with Crippen molar-refractivity contribution in [2.24, 2.45) is 0 Å². The number of benzene rings is 2. The van der Waals surface area contributed by atoms with Gasteiger partial charge in [-0.25, -0.2) is 0 Å². The lowest BCUT2D eigenvalue weighted by Crippen LogP contribution is -2.33. The van der Waals surface area contributed by atoms with E-state index in [4.69, 9.17) is 0 Å². The quantitative estimate of drug-likeness (QED) is 0.856. The molecule has 2 aromatic carbocycles. The van der Waals surface area contributed by atoms with Crippen molar-refractivity contribution < 1.29 is 4.79 Å². The summed E-state index contributed by atoms with van der Waals surface area (Å²) in [6.07, 6.45) is 4.09. The Labute approximate surface area is 135 Å². The van der Waals surface area contributed by atoms with Crippen LogP contribution in [-0.4, -0.2) is 18.7 Å². The summed E-state index contributed by atoms with van der Waals surface area (Å²) < 4.78 is 3.27. The Morgan fingerprint density at radius 3 is 2.77 bits per heavy atom. The van der Waals surface area contributed by atoms with Gasteiger partial charge in [-0.2, -0.15) is 0 Å². The molecule has 0 spiro atoms. The second-order valence-corrected chi connectivity index (χ2v) is 6.12. The maximum absolute atomic E-state index is 11.7. The van der Waals surface area contributed by atoms with E-state index in [1.807, 2.05) is 11.2 Å². The third kappa shape index (κ3) is 2.97. The van der Waals surface area contributed by atoms with E-state index < -0.39 is 0 Å². The predicted octanol–water partition coefficient (Wildman–Crippen LogP) is 4.34. The molecular weight excluding hydrogens is 292 g/mol. The highest BCUT2D eigenvalue weighted by molar-refractivity contribution is 7.99. The lowest BCUT2D eigenvalue weighted by molar-refractivity contribution is -0.116. The number of rotatable bonds is 3. The van der Waals surface area contributed by atoms with E-state index in [1.54, 1.807) is 18.9 Å². The summed E-state index contributed by atoms with van der Waals surface area (Å²) in [5, 5.41) is 0. The molecular formula is C18H20N2OS. The number of aryl methyl sites for hydroxylation is 1. The van der Waals surface area contributed by atoms with Gasteiger partial charge in [0, 0.05) is 31.1 Å². The van der Waals surface area contributed by atoms with E-state index in [-0.39, 0.29) is 5.91 Å². The molecule has 3 rings (SSSR count).